The summed E-state index contributed by atoms with van der Waals surface area (Å²) in [5, 5.41) is 9.23. The second-order valence-corrected chi connectivity index (χ2v) is 5.61. The topological polar surface area (TPSA) is 66.8 Å². The molecule has 1 unspecified atom stereocenters. The Kier molecular flexibility index (Phi) is 3.34. The van der Waals surface area contributed by atoms with Gasteiger partial charge in [0.15, 0.2) is 0 Å². The van der Waals surface area contributed by atoms with Crippen LogP contribution in [0.2, 0.25) is 0 Å². The molecule has 0 aliphatic carbocycles. The van der Waals surface area contributed by atoms with Crippen molar-refractivity contribution in [3.05, 3.63) is 29.8 Å². The van der Waals surface area contributed by atoms with Crippen molar-refractivity contribution in [1.29, 1.82) is 0 Å². The van der Waals surface area contributed by atoms with Crippen LogP contribution >= 0.6 is 0 Å². The summed E-state index contributed by atoms with van der Waals surface area (Å²) < 4.78 is 12.7. The van der Waals surface area contributed by atoms with E-state index in [2.05, 4.69) is 0 Å². The van der Waals surface area contributed by atoms with Crippen LogP contribution < -0.4 is 4.90 Å². The lowest BCUT2D eigenvalue weighted by atomic mass is 9.93. The van der Waals surface area contributed by atoms with Crippen molar-refractivity contribution in [2.24, 2.45) is 5.92 Å². The molecule has 108 valence electrons. The Hall–Kier alpha value is -2.04. The van der Waals surface area contributed by atoms with Crippen LogP contribution in [0.3, 0.4) is 0 Å². The molecule has 5 heteroatoms. The Morgan fingerprint density at radius 3 is 2.80 bits per heavy atom. The van der Waals surface area contributed by atoms with E-state index in [0.29, 0.717) is 12.1 Å². The van der Waals surface area contributed by atoms with E-state index in [1.54, 1.807) is 26.0 Å². The molecule has 1 aromatic carbocycles. The second-order valence-electron chi connectivity index (χ2n) is 5.61. The SMILES string of the molecule is [2H]CC(C)(C)OC(=O)N1CC(C(=O)O)Cc2ccccc21. The maximum atomic E-state index is 12.3. The molecule has 1 N–H and O–H groups in total. The summed E-state index contributed by atoms with van der Waals surface area (Å²) in [6.07, 6.45) is -0.206. The van der Waals surface area contributed by atoms with Gasteiger partial charge in [-0.05, 0) is 38.8 Å². The highest BCUT2D eigenvalue weighted by atomic mass is 16.6. The molecule has 20 heavy (non-hydrogen) atoms. The van der Waals surface area contributed by atoms with Crippen molar-refractivity contribution in [1.82, 2.24) is 0 Å². The molecular formula is C15H19NO4. The van der Waals surface area contributed by atoms with Crippen LogP contribution in [0.25, 0.3) is 0 Å². The van der Waals surface area contributed by atoms with E-state index in [4.69, 9.17) is 6.11 Å². The number of hydrogen-bond acceptors (Lipinski definition) is 3. The van der Waals surface area contributed by atoms with Crippen LogP contribution in [-0.2, 0) is 16.0 Å². The summed E-state index contributed by atoms with van der Waals surface area (Å²) in [5.41, 5.74) is 0.597. The molecule has 1 aliphatic rings. The number of fused-ring (bicyclic) bond motifs is 1. The van der Waals surface area contributed by atoms with Crippen molar-refractivity contribution in [3.8, 4) is 0 Å². The lowest BCUT2D eigenvalue weighted by Gasteiger charge is -2.34. The molecule has 1 amide bonds. The number of benzene rings is 1. The minimum absolute atomic E-state index is 0.0589. The molecule has 0 saturated heterocycles. The number of hydrogen-bond donors (Lipinski definition) is 1. The quantitative estimate of drug-likeness (QED) is 0.857. The predicted molar refractivity (Wildman–Crippen MR) is 74.9 cm³/mol. The molecule has 0 spiro atoms. The number of ether oxygens (including phenoxy) is 1. The van der Waals surface area contributed by atoms with Gasteiger partial charge in [0, 0.05) is 7.92 Å². The molecule has 1 aliphatic heterocycles. The first-order chi connectivity index (χ1) is 9.84. The van der Waals surface area contributed by atoms with Gasteiger partial charge in [-0.1, -0.05) is 18.2 Å². The third-order valence-corrected chi connectivity index (χ3v) is 3.08. The summed E-state index contributed by atoms with van der Waals surface area (Å²) >= 11 is 0. The standard InChI is InChI=1S/C15H19NO4/c1-15(2,3)20-14(19)16-9-11(13(17)18)8-10-6-4-5-7-12(10)16/h4-7,11H,8-9H2,1-3H3,(H,17,18)/i1D. The van der Waals surface area contributed by atoms with Gasteiger partial charge < -0.3 is 9.84 Å². The Bertz CT molecular complexity index is 558. The average molecular weight is 278 g/mol. The third-order valence-electron chi connectivity index (χ3n) is 3.08. The molecule has 2 rings (SSSR count). The fourth-order valence-corrected chi connectivity index (χ4v) is 2.23. The summed E-state index contributed by atoms with van der Waals surface area (Å²) in [6, 6.07) is 7.22. The second kappa shape index (κ2) is 5.15. The highest BCUT2D eigenvalue weighted by Crippen LogP contribution is 2.30. The van der Waals surface area contributed by atoms with E-state index in [1.165, 1.54) is 4.90 Å². The highest BCUT2D eigenvalue weighted by Gasteiger charge is 2.34. The number of anilines is 1. The minimum Gasteiger partial charge on any atom is -0.481 e. The molecule has 0 bridgehead atoms. The van der Waals surface area contributed by atoms with E-state index in [-0.39, 0.29) is 13.4 Å². The smallest absolute Gasteiger partial charge is 0.414 e. The van der Waals surface area contributed by atoms with Gasteiger partial charge in [0.1, 0.15) is 5.60 Å². The number of carboxylic acids is 1. The van der Waals surface area contributed by atoms with Crippen molar-refractivity contribution in [2.75, 3.05) is 11.4 Å². The van der Waals surface area contributed by atoms with Crippen molar-refractivity contribution in [2.45, 2.75) is 32.8 Å². The third kappa shape index (κ3) is 3.10. The van der Waals surface area contributed by atoms with Crippen LogP contribution in [0.15, 0.2) is 24.3 Å². The van der Waals surface area contributed by atoms with Crippen molar-refractivity contribution < 1.29 is 20.8 Å². The first-order valence-electron chi connectivity index (χ1n) is 7.15. The Labute approximate surface area is 119 Å². The van der Waals surface area contributed by atoms with E-state index < -0.39 is 23.6 Å². The van der Waals surface area contributed by atoms with Crippen LogP contribution in [-0.4, -0.2) is 29.3 Å². The van der Waals surface area contributed by atoms with E-state index >= 15 is 0 Å². The minimum atomic E-state index is -0.929. The maximum Gasteiger partial charge on any atom is 0.414 e. The van der Waals surface area contributed by atoms with E-state index in [9.17, 15) is 14.7 Å². The molecule has 0 radical (unpaired) electrons. The molecule has 0 fully saturated rings. The number of para-hydroxylation sites is 1. The van der Waals surface area contributed by atoms with Crippen LogP contribution in [0.1, 0.15) is 27.7 Å². The molecule has 1 heterocycles. The number of aliphatic carboxylic acids is 1. The molecule has 0 aromatic heterocycles. The van der Waals surface area contributed by atoms with Crippen molar-refractivity contribution in [3.63, 3.8) is 0 Å². The monoisotopic (exact) mass is 278 g/mol. The molecule has 1 aromatic rings. The van der Waals surface area contributed by atoms with Gasteiger partial charge in [-0.25, -0.2) is 4.79 Å². The zero-order chi connectivity index (χ0) is 15.6. The first-order valence-corrected chi connectivity index (χ1v) is 6.44. The zero-order valence-corrected chi connectivity index (χ0v) is 11.6. The maximum absolute atomic E-state index is 12.3. The fourth-order valence-electron chi connectivity index (χ4n) is 2.23. The lowest BCUT2D eigenvalue weighted by molar-refractivity contribution is -0.141. The van der Waals surface area contributed by atoms with Gasteiger partial charge in [-0.3, -0.25) is 9.69 Å². The van der Waals surface area contributed by atoms with Gasteiger partial charge in [-0.2, -0.15) is 0 Å². The number of rotatable bonds is 1. The Balaban J connectivity index is 2.29. The molecule has 0 saturated carbocycles. The Morgan fingerprint density at radius 2 is 2.15 bits per heavy atom. The molecular weight excluding hydrogens is 258 g/mol. The summed E-state index contributed by atoms with van der Waals surface area (Å²) in [4.78, 5) is 25.0. The first kappa shape index (κ1) is 13.0. The van der Waals surface area contributed by atoms with Crippen molar-refractivity contribution >= 4 is 17.7 Å². The average Bonchev–Trinajstić information content (AvgIpc) is 2.45. The summed E-state index contributed by atoms with van der Waals surface area (Å²) in [7, 11) is 0. The van der Waals surface area contributed by atoms with E-state index in [0.717, 1.165) is 5.56 Å². The summed E-state index contributed by atoms with van der Waals surface area (Å²) in [5.74, 6) is -1.58. The zero-order valence-electron chi connectivity index (χ0n) is 12.6. The van der Waals surface area contributed by atoms with Gasteiger partial charge in [-0.15, -0.1) is 0 Å². The highest BCUT2D eigenvalue weighted by molar-refractivity contribution is 5.91. The Morgan fingerprint density at radius 1 is 1.45 bits per heavy atom. The van der Waals surface area contributed by atoms with Gasteiger partial charge in [0.2, 0.25) is 0 Å². The largest absolute Gasteiger partial charge is 0.481 e. The molecule has 1 atom stereocenters. The molecule has 5 nitrogen and oxygen atoms in total. The van der Waals surface area contributed by atoms with Crippen LogP contribution in [0, 0.1) is 5.92 Å². The number of carbonyl (C=O) groups excluding carboxylic acids is 1. The number of nitrogens with zero attached hydrogens (tertiary/aromatic N) is 1. The van der Waals surface area contributed by atoms with Gasteiger partial charge in [0.05, 0.1) is 11.6 Å². The summed E-state index contributed by atoms with van der Waals surface area (Å²) in [6.45, 7) is 3.33. The van der Waals surface area contributed by atoms with Crippen LogP contribution in [0.5, 0.6) is 0 Å². The van der Waals surface area contributed by atoms with Gasteiger partial charge in [0.25, 0.3) is 0 Å². The number of amides is 1. The van der Waals surface area contributed by atoms with Gasteiger partial charge >= 0.3 is 12.1 Å². The van der Waals surface area contributed by atoms with E-state index in [1.807, 2.05) is 12.1 Å². The lowest BCUT2D eigenvalue weighted by Crippen LogP contribution is -2.44. The number of carboxylic acid groups (broad SMARTS) is 1. The van der Waals surface area contributed by atoms with Crippen LogP contribution in [0.4, 0.5) is 10.5 Å². The fraction of sp³-hybridized carbons (Fsp3) is 0.467. The number of carbonyl (C=O) groups is 2. The normalized spacial score (nSPS) is 19.0. The predicted octanol–water partition coefficient (Wildman–Crippen LogP) is 2.69.